The van der Waals surface area contributed by atoms with Gasteiger partial charge in [-0.3, -0.25) is 9.56 Å². The van der Waals surface area contributed by atoms with Crippen LogP contribution in [0.3, 0.4) is 0 Å². The summed E-state index contributed by atoms with van der Waals surface area (Å²) >= 11 is 0. The summed E-state index contributed by atoms with van der Waals surface area (Å²) in [5.74, 6) is 2.12. The second-order valence-electron chi connectivity index (χ2n) is 14.0. The highest BCUT2D eigenvalue weighted by atomic mass is 15.2. The average Bonchev–Trinajstić information content (AvgIpc) is 3.80. The first-order valence-corrected chi connectivity index (χ1v) is 19.1. The van der Waals surface area contributed by atoms with Crippen molar-refractivity contribution in [1.82, 2.24) is 9.55 Å². The molecule has 0 atom stereocenters. The van der Waals surface area contributed by atoms with Crippen molar-refractivity contribution >= 4 is 11.5 Å². The summed E-state index contributed by atoms with van der Waals surface area (Å²) in [6.45, 7) is 15.3. The van der Waals surface area contributed by atoms with Crippen molar-refractivity contribution in [2.45, 2.75) is 106 Å². The summed E-state index contributed by atoms with van der Waals surface area (Å²) in [6, 6.07) is 30.4. The van der Waals surface area contributed by atoms with Gasteiger partial charge < -0.3 is 4.90 Å². The standard InChI is InChI=1S/C23H30N2.C23H28N2/c2*1-4-5-6-8-11-20-16-18(2)22(19(3)17-20)25-15-14-24-23(25)21-12-9-7-10-13-21/h7,9-10,12-13,16-17H,4-6,8,11,14-15H2,1-3H3;7,9-10,12-17H,4-6,8,11H2,1-3H3. The van der Waals surface area contributed by atoms with Gasteiger partial charge in [-0.15, -0.1) is 0 Å². The average molecular weight is 667 g/mol. The Kier molecular flexibility index (Phi) is 13.6. The molecule has 0 saturated carbocycles. The summed E-state index contributed by atoms with van der Waals surface area (Å²) in [6.07, 6.45) is 16.9. The van der Waals surface area contributed by atoms with Crippen molar-refractivity contribution < 1.29 is 0 Å². The van der Waals surface area contributed by atoms with E-state index >= 15 is 0 Å². The minimum Gasteiger partial charge on any atom is -0.324 e. The monoisotopic (exact) mass is 666 g/mol. The molecule has 1 aromatic heterocycles. The summed E-state index contributed by atoms with van der Waals surface area (Å²) in [7, 11) is 0. The lowest BCUT2D eigenvalue weighted by Crippen LogP contribution is -2.29. The van der Waals surface area contributed by atoms with Gasteiger partial charge in [-0.05, 0) is 86.8 Å². The van der Waals surface area contributed by atoms with Crippen molar-refractivity contribution in [2.24, 2.45) is 4.99 Å². The maximum absolute atomic E-state index is 4.78. The molecule has 0 amide bonds. The third-order valence-electron chi connectivity index (χ3n) is 9.80. The van der Waals surface area contributed by atoms with Gasteiger partial charge in [0.15, 0.2) is 0 Å². The molecule has 1 aliphatic rings. The number of amidine groups is 1. The fourth-order valence-corrected chi connectivity index (χ4v) is 7.48. The summed E-state index contributed by atoms with van der Waals surface area (Å²) in [5, 5.41) is 0. The minimum atomic E-state index is 0.877. The van der Waals surface area contributed by atoms with Crippen LogP contribution in [0, 0.1) is 27.7 Å². The molecular formula is C46H58N4. The predicted octanol–water partition coefficient (Wildman–Crippen LogP) is 12.0. The van der Waals surface area contributed by atoms with Crippen molar-refractivity contribution in [2.75, 3.05) is 18.0 Å². The van der Waals surface area contributed by atoms with Gasteiger partial charge in [0, 0.05) is 35.8 Å². The second kappa shape index (κ2) is 18.5. The van der Waals surface area contributed by atoms with Crippen LogP contribution < -0.4 is 4.90 Å². The summed E-state index contributed by atoms with van der Waals surface area (Å²) < 4.78 is 2.22. The third kappa shape index (κ3) is 9.41. The number of anilines is 1. The van der Waals surface area contributed by atoms with Crippen LogP contribution in [0.15, 0.2) is 102 Å². The van der Waals surface area contributed by atoms with Crippen molar-refractivity contribution in [3.05, 3.63) is 136 Å². The first-order chi connectivity index (χ1) is 24.4. The number of unbranched alkanes of at least 4 members (excludes halogenated alkanes) is 6. The maximum Gasteiger partial charge on any atom is 0.144 e. The van der Waals surface area contributed by atoms with Crippen LogP contribution in [0.2, 0.25) is 0 Å². The highest BCUT2D eigenvalue weighted by Gasteiger charge is 2.23. The van der Waals surface area contributed by atoms with Crippen LogP contribution in [0.25, 0.3) is 17.1 Å². The van der Waals surface area contributed by atoms with E-state index in [1.54, 1.807) is 0 Å². The van der Waals surface area contributed by atoms with E-state index < -0.39 is 0 Å². The minimum absolute atomic E-state index is 0.877. The zero-order valence-corrected chi connectivity index (χ0v) is 31.5. The van der Waals surface area contributed by atoms with Crippen molar-refractivity contribution in [1.29, 1.82) is 0 Å². The molecule has 0 aliphatic carbocycles. The molecule has 1 aliphatic heterocycles. The van der Waals surface area contributed by atoms with Crippen LogP contribution in [0.1, 0.15) is 104 Å². The smallest absolute Gasteiger partial charge is 0.144 e. The molecular weight excluding hydrogens is 609 g/mol. The molecule has 0 unspecified atom stereocenters. The van der Waals surface area contributed by atoms with Gasteiger partial charge in [0.25, 0.3) is 0 Å². The molecule has 0 radical (unpaired) electrons. The van der Waals surface area contributed by atoms with E-state index in [1.807, 2.05) is 12.3 Å². The van der Waals surface area contributed by atoms with Crippen LogP contribution in [0.4, 0.5) is 5.69 Å². The van der Waals surface area contributed by atoms with Crippen LogP contribution in [0.5, 0.6) is 0 Å². The number of aromatic nitrogens is 2. The van der Waals surface area contributed by atoms with Crippen LogP contribution in [-0.4, -0.2) is 28.5 Å². The number of aryl methyl sites for hydroxylation is 6. The number of benzene rings is 4. The molecule has 0 fully saturated rings. The van der Waals surface area contributed by atoms with E-state index in [-0.39, 0.29) is 0 Å². The van der Waals surface area contributed by atoms with Gasteiger partial charge >= 0.3 is 0 Å². The maximum atomic E-state index is 4.78. The molecule has 50 heavy (non-hydrogen) atoms. The Morgan fingerprint density at radius 3 is 1.60 bits per heavy atom. The quantitative estimate of drug-likeness (QED) is 0.111. The van der Waals surface area contributed by atoms with Gasteiger partial charge in [0.05, 0.1) is 12.2 Å². The Balaban J connectivity index is 0.000000194. The number of hydrogen-bond acceptors (Lipinski definition) is 3. The largest absolute Gasteiger partial charge is 0.324 e. The normalized spacial score (nSPS) is 12.5. The van der Waals surface area contributed by atoms with Gasteiger partial charge in [0.2, 0.25) is 0 Å². The van der Waals surface area contributed by atoms with Gasteiger partial charge in [-0.2, -0.15) is 0 Å². The fourth-order valence-electron chi connectivity index (χ4n) is 7.48. The molecule has 4 nitrogen and oxygen atoms in total. The van der Waals surface area contributed by atoms with Crippen molar-refractivity contribution in [3.63, 3.8) is 0 Å². The lowest BCUT2D eigenvalue weighted by Gasteiger charge is -2.25. The van der Waals surface area contributed by atoms with Crippen LogP contribution >= 0.6 is 0 Å². The zero-order chi connectivity index (χ0) is 35.3. The highest BCUT2D eigenvalue weighted by Crippen LogP contribution is 2.31. The number of imidazole rings is 1. The Bertz CT molecular complexity index is 1770. The fraction of sp³-hybridized carbons (Fsp3) is 0.391. The first-order valence-electron chi connectivity index (χ1n) is 19.1. The van der Waals surface area contributed by atoms with Gasteiger partial charge in [-0.1, -0.05) is 137 Å². The molecule has 0 bridgehead atoms. The SMILES string of the molecule is CCCCCCc1cc(C)c(-n2ccnc2-c2ccccc2)c(C)c1.CCCCCCc1cc(C)c(N2CCN=C2c2ccccc2)c(C)c1. The number of aliphatic imine (C=N–C) groups is 1. The molecule has 6 rings (SSSR count). The molecule has 0 N–H and O–H groups in total. The second-order valence-corrected chi connectivity index (χ2v) is 14.0. The van der Waals surface area contributed by atoms with Crippen LogP contribution in [-0.2, 0) is 12.8 Å². The third-order valence-corrected chi connectivity index (χ3v) is 9.80. The lowest BCUT2D eigenvalue weighted by atomic mass is 9.98. The summed E-state index contributed by atoms with van der Waals surface area (Å²) in [4.78, 5) is 11.8. The Labute approximate surface area is 302 Å². The van der Waals surface area contributed by atoms with E-state index in [0.29, 0.717) is 0 Å². The molecule has 5 aromatic rings. The first kappa shape index (κ1) is 36.8. The van der Waals surface area contributed by atoms with Gasteiger partial charge in [0.1, 0.15) is 11.7 Å². The van der Waals surface area contributed by atoms with E-state index in [9.17, 15) is 0 Å². The van der Waals surface area contributed by atoms with E-state index in [0.717, 1.165) is 30.3 Å². The van der Waals surface area contributed by atoms with E-state index in [1.165, 1.54) is 115 Å². The topological polar surface area (TPSA) is 33.4 Å². The Morgan fingerprint density at radius 2 is 1.08 bits per heavy atom. The molecule has 2 heterocycles. The van der Waals surface area contributed by atoms with Crippen molar-refractivity contribution in [3.8, 4) is 17.1 Å². The van der Waals surface area contributed by atoms with E-state index in [4.69, 9.17) is 4.99 Å². The molecule has 4 heteroatoms. The van der Waals surface area contributed by atoms with Gasteiger partial charge in [-0.25, -0.2) is 4.98 Å². The lowest BCUT2D eigenvalue weighted by molar-refractivity contribution is 0.666. The number of nitrogens with zero attached hydrogens (tertiary/aromatic N) is 4. The zero-order valence-electron chi connectivity index (χ0n) is 31.5. The number of hydrogen-bond donors (Lipinski definition) is 0. The molecule has 0 spiro atoms. The predicted molar refractivity (Wildman–Crippen MR) is 215 cm³/mol. The summed E-state index contributed by atoms with van der Waals surface area (Å²) in [5.41, 5.74) is 13.3. The number of rotatable bonds is 14. The molecule has 0 saturated heterocycles. The van der Waals surface area contributed by atoms with E-state index in [2.05, 4.69) is 141 Å². The molecule has 262 valence electrons. The Morgan fingerprint density at radius 1 is 0.580 bits per heavy atom. The Hall–Kier alpha value is -4.44. The molecule has 4 aromatic carbocycles. The highest BCUT2D eigenvalue weighted by molar-refractivity contribution is 6.11.